The summed E-state index contributed by atoms with van der Waals surface area (Å²) in [7, 11) is 0. The molecule has 0 aliphatic heterocycles. The van der Waals surface area contributed by atoms with E-state index in [0.29, 0.717) is 21.6 Å². The number of anilines is 1. The maximum absolute atomic E-state index is 12.2. The quantitative estimate of drug-likeness (QED) is 0.675. The lowest BCUT2D eigenvalue weighted by atomic mass is 10.2. The topological polar surface area (TPSA) is 67.0 Å². The molecule has 0 bridgehead atoms. The Labute approximate surface area is 148 Å². The smallest absolute Gasteiger partial charge is 0.277 e. The largest absolute Gasteiger partial charge is 0.457 e. The number of benzene rings is 2. The van der Waals surface area contributed by atoms with Gasteiger partial charge in [-0.2, -0.15) is 5.10 Å². The Balaban J connectivity index is 1.68. The molecule has 1 amide bonds. The molecule has 2 aromatic carbocycles. The van der Waals surface area contributed by atoms with Gasteiger partial charge in [0.05, 0.1) is 4.47 Å². The Bertz CT molecular complexity index is 872. The van der Waals surface area contributed by atoms with E-state index in [-0.39, 0.29) is 5.91 Å². The van der Waals surface area contributed by atoms with Crippen LogP contribution in [0, 0.1) is 13.8 Å². The minimum absolute atomic E-state index is 0.279. The third kappa shape index (κ3) is 3.65. The number of ether oxygens (including phenoxy) is 1. The molecule has 0 saturated heterocycles. The van der Waals surface area contributed by atoms with Crippen LogP contribution >= 0.6 is 15.9 Å². The highest BCUT2D eigenvalue weighted by molar-refractivity contribution is 9.10. The summed E-state index contributed by atoms with van der Waals surface area (Å²) in [6.07, 6.45) is 0. The summed E-state index contributed by atoms with van der Waals surface area (Å²) < 4.78 is 6.45. The molecule has 1 aromatic heterocycles. The summed E-state index contributed by atoms with van der Waals surface area (Å²) in [4.78, 5) is 12.2. The predicted octanol–water partition coefficient (Wildman–Crippen LogP) is 4.83. The second-order valence-electron chi connectivity index (χ2n) is 5.41. The van der Waals surface area contributed by atoms with E-state index in [2.05, 4.69) is 31.4 Å². The van der Waals surface area contributed by atoms with Crippen LogP contribution in [-0.4, -0.2) is 16.1 Å². The Morgan fingerprint density at radius 1 is 1.12 bits per heavy atom. The predicted molar refractivity (Wildman–Crippen MR) is 96.7 cm³/mol. The summed E-state index contributed by atoms with van der Waals surface area (Å²) in [5.74, 6) is 1.21. The monoisotopic (exact) mass is 385 g/mol. The van der Waals surface area contributed by atoms with E-state index >= 15 is 0 Å². The molecule has 5 nitrogen and oxygen atoms in total. The van der Waals surface area contributed by atoms with Crippen LogP contribution in [0.15, 0.2) is 53.0 Å². The Morgan fingerprint density at radius 3 is 2.50 bits per heavy atom. The standard InChI is InChI=1S/C18H16BrN3O2/c1-11-4-3-5-15(10-11)24-14-8-6-13(7-9-14)20-18(23)17-16(19)12(2)21-22-17/h3-10H,1-2H3,(H,20,23)(H,21,22). The maximum Gasteiger partial charge on any atom is 0.277 e. The maximum atomic E-state index is 12.2. The van der Waals surface area contributed by atoms with E-state index in [1.807, 2.05) is 50.2 Å². The fourth-order valence-corrected chi connectivity index (χ4v) is 2.53. The van der Waals surface area contributed by atoms with Crippen molar-refractivity contribution in [3.63, 3.8) is 0 Å². The Hall–Kier alpha value is -2.60. The van der Waals surface area contributed by atoms with Gasteiger partial charge in [0.1, 0.15) is 11.5 Å². The van der Waals surface area contributed by atoms with E-state index < -0.39 is 0 Å². The third-order valence-corrected chi connectivity index (χ3v) is 4.40. The Kier molecular flexibility index (Phi) is 4.66. The lowest BCUT2D eigenvalue weighted by Gasteiger charge is -2.08. The van der Waals surface area contributed by atoms with E-state index in [9.17, 15) is 4.79 Å². The van der Waals surface area contributed by atoms with Crippen molar-refractivity contribution in [2.75, 3.05) is 5.32 Å². The number of halogens is 1. The van der Waals surface area contributed by atoms with Crippen molar-refractivity contribution in [1.82, 2.24) is 10.2 Å². The molecular formula is C18H16BrN3O2. The molecule has 24 heavy (non-hydrogen) atoms. The van der Waals surface area contributed by atoms with Gasteiger partial charge in [-0.25, -0.2) is 0 Å². The molecule has 0 fully saturated rings. The number of hydrogen-bond acceptors (Lipinski definition) is 3. The van der Waals surface area contributed by atoms with Gasteiger partial charge >= 0.3 is 0 Å². The number of carbonyl (C=O) groups is 1. The first-order valence-electron chi connectivity index (χ1n) is 7.39. The van der Waals surface area contributed by atoms with Crippen LogP contribution in [0.4, 0.5) is 5.69 Å². The van der Waals surface area contributed by atoms with Crippen molar-refractivity contribution in [3.8, 4) is 11.5 Å². The van der Waals surface area contributed by atoms with Crippen molar-refractivity contribution >= 4 is 27.5 Å². The molecule has 122 valence electrons. The molecule has 0 radical (unpaired) electrons. The number of aryl methyl sites for hydroxylation is 2. The summed E-state index contributed by atoms with van der Waals surface area (Å²) in [5.41, 5.74) is 2.94. The zero-order chi connectivity index (χ0) is 17.1. The van der Waals surface area contributed by atoms with Crippen molar-refractivity contribution in [3.05, 3.63) is 70.0 Å². The highest BCUT2D eigenvalue weighted by Crippen LogP contribution is 2.24. The lowest BCUT2D eigenvalue weighted by molar-refractivity contribution is 0.102. The average molecular weight is 386 g/mol. The van der Waals surface area contributed by atoms with Crippen LogP contribution in [0.5, 0.6) is 11.5 Å². The zero-order valence-electron chi connectivity index (χ0n) is 13.3. The van der Waals surface area contributed by atoms with Crippen LogP contribution in [0.25, 0.3) is 0 Å². The van der Waals surface area contributed by atoms with Crippen molar-refractivity contribution < 1.29 is 9.53 Å². The number of nitrogens with one attached hydrogen (secondary N) is 2. The summed E-state index contributed by atoms with van der Waals surface area (Å²) in [5, 5.41) is 9.56. The van der Waals surface area contributed by atoms with Crippen LogP contribution in [0.3, 0.4) is 0 Å². The fourth-order valence-electron chi connectivity index (χ4n) is 2.18. The number of hydrogen-bond donors (Lipinski definition) is 2. The molecule has 1 heterocycles. The van der Waals surface area contributed by atoms with Gasteiger partial charge < -0.3 is 10.1 Å². The van der Waals surface area contributed by atoms with Crippen LogP contribution < -0.4 is 10.1 Å². The van der Waals surface area contributed by atoms with Gasteiger partial charge in [-0.3, -0.25) is 9.89 Å². The number of aromatic amines is 1. The average Bonchev–Trinajstić information content (AvgIpc) is 2.89. The summed E-state index contributed by atoms with van der Waals surface area (Å²) >= 11 is 3.34. The molecule has 3 aromatic rings. The summed E-state index contributed by atoms with van der Waals surface area (Å²) in [6.45, 7) is 3.85. The molecule has 0 spiro atoms. The van der Waals surface area contributed by atoms with Crippen LogP contribution in [-0.2, 0) is 0 Å². The molecule has 2 N–H and O–H groups in total. The van der Waals surface area contributed by atoms with Crippen molar-refractivity contribution in [1.29, 1.82) is 0 Å². The van der Waals surface area contributed by atoms with Gasteiger partial charge in [-0.1, -0.05) is 12.1 Å². The number of amides is 1. The first-order chi connectivity index (χ1) is 11.5. The van der Waals surface area contributed by atoms with Crippen LogP contribution in [0.1, 0.15) is 21.7 Å². The molecule has 3 rings (SSSR count). The van der Waals surface area contributed by atoms with Crippen LogP contribution in [0.2, 0.25) is 0 Å². The number of nitrogens with zero attached hydrogens (tertiary/aromatic N) is 1. The van der Waals surface area contributed by atoms with Gasteiger partial charge in [0.2, 0.25) is 0 Å². The van der Waals surface area contributed by atoms with E-state index in [1.165, 1.54) is 0 Å². The number of aromatic nitrogens is 2. The van der Waals surface area contributed by atoms with E-state index in [1.54, 1.807) is 12.1 Å². The first kappa shape index (κ1) is 16.3. The number of rotatable bonds is 4. The molecule has 0 unspecified atom stereocenters. The SMILES string of the molecule is Cc1cccc(Oc2ccc(NC(=O)c3n[nH]c(C)c3Br)cc2)c1. The van der Waals surface area contributed by atoms with Crippen molar-refractivity contribution in [2.24, 2.45) is 0 Å². The lowest BCUT2D eigenvalue weighted by Crippen LogP contribution is -2.12. The van der Waals surface area contributed by atoms with E-state index in [0.717, 1.165) is 17.0 Å². The van der Waals surface area contributed by atoms with Gasteiger partial charge in [0.25, 0.3) is 5.91 Å². The molecule has 0 aliphatic carbocycles. The van der Waals surface area contributed by atoms with Gasteiger partial charge in [0.15, 0.2) is 5.69 Å². The summed E-state index contributed by atoms with van der Waals surface area (Å²) in [6, 6.07) is 15.0. The number of H-pyrrole nitrogens is 1. The molecule has 0 atom stereocenters. The van der Waals surface area contributed by atoms with Crippen molar-refractivity contribution in [2.45, 2.75) is 13.8 Å². The molecule has 0 aliphatic rings. The van der Waals surface area contributed by atoms with Gasteiger partial charge in [-0.15, -0.1) is 0 Å². The molecule has 0 saturated carbocycles. The van der Waals surface area contributed by atoms with Gasteiger partial charge in [-0.05, 0) is 71.7 Å². The normalized spacial score (nSPS) is 10.5. The highest BCUT2D eigenvalue weighted by atomic mass is 79.9. The third-order valence-electron chi connectivity index (χ3n) is 3.43. The number of carbonyl (C=O) groups excluding carboxylic acids is 1. The second kappa shape index (κ2) is 6.88. The fraction of sp³-hybridized carbons (Fsp3) is 0.111. The highest BCUT2D eigenvalue weighted by Gasteiger charge is 2.15. The minimum Gasteiger partial charge on any atom is -0.457 e. The first-order valence-corrected chi connectivity index (χ1v) is 8.18. The van der Waals surface area contributed by atoms with E-state index in [4.69, 9.17) is 4.74 Å². The minimum atomic E-state index is -0.279. The zero-order valence-corrected chi connectivity index (χ0v) is 14.8. The molecule has 6 heteroatoms. The molecular weight excluding hydrogens is 370 g/mol. The Morgan fingerprint density at radius 2 is 1.88 bits per heavy atom. The second-order valence-corrected chi connectivity index (χ2v) is 6.20. The van der Waals surface area contributed by atoms with Gasteiger partial charge in [0, 0.05) is 11.4 Å².